The van der Waals surface area contributed by atoms with Crippen LogP contribution in [-0.2, 0) is 9.53 Å². The van der Waals surface area contributed by atoms with Crippen molar-refractivity contribution >= 4 is 11.6 Å². The second kappa shape index (κ2) is 6.19. The average molecular weight is 263 g/mol. The molecule has 0 fully saturated rings. The molecular weight excluding hydrogens is 246 g/mol. The number of amides is 1. The number of hydrogen-bond donors (Lipinski definition) is 1. The van der Waals surface area contributed by atoms with Crippen LogP contribution >= 0.6 is 0 Å². The molecule has 6 nitrogen and oxygen atoms in total. The Morgan fingerprint density at radius 1 is 1.53 bits per heavy atom. The molecule has 0 saturated carbocycles. The van der Waals surface area contributed by atoms with Crippen LogP contribution in [0.2, 0.25) is 0 Å². The van der Waals surface area contributed by atoms with Gasteiger partial charge in [-0.2, -0.15) is 0 Å². The average Bonchev–Trinajstić information content (AvgIpc) is 2.77. The Morgan fingerprint density at radius 2 is 2.37 bits per heavy atom. The lowest BCUT2D eigenvalue weighted by molar-refractivity contribution is -0.123. The summed E-state index contributed by atoms with van der Waals surface area (Å²) in [6, 6.07) is 3.65. The van der Waals surface area contributed by atoms with Crippen molar-refractivity contribution in [1.82, 2.24) is 14.7 Å². The molecule has 0 radical (unpaired) electrons. The van der Waals surface area contributed by atoms with Crippen LogP contribution in [0.4, 0.5) is 0 Å². The zero-order chi connectivity index (χ0) is 13.7. The number of carbonyl (C=O) groups excluding carboxylic acids is 1. The number of rotatable bonds is 6. The Balaban J connectivity index is 1.96. The number of aromatic nitrogens is 2. The Bertz CT molecular complexity index is 565. The Hall–Kier alpha value is -2.08. The van der Waals surface area contributed by atoms with Gasteiger partial charge in [0, 0.05) is 26.0 Å². The van der Waals surface area contributed by atoms with Crippen LogP contribution in [0.15, 0.2) is 24.5 Å². The van der Waals surface area contributed by atoms with Gasteiger partial charge in [-0.25, -0.2) is 4.98 Å². The number of carbonyl (C=O) groups is 1. The number of fused-ring (bicyclic) bond motifs is 1. The third-order valence-electron chi connectivity index (χ3n) is 2.55. The maximum Gasteiger partial charge on any atom is 0.258 e. The first-order valence-electron chi connectivity index (χ1n) is 6.03. The largest absolute Gasteiger partial charge is 0.480 e. The quantitative estimate of drug-likeness (QED) is 0.782. The van der Waals surface area contributed by atoms with E-state index in [0.717, 1.165) is 5.69 Å². The van der Waals surface area contributed by atoms with E-state index in [0.29, 0.717) is 24.5 Å². The number of imidazole rings is 1. The minimum Gasteiger partial charge on any atom is -0.480 e. The first-order chi connectivity index (χ1) is 9.20. The summed E-state index contributed by atoms with van der Waals surface area (Å²) in [5, 5.41) is 2.69. The number of methoxy groups -OCH3 is 1. The number of nitrogens with one attached hydrogen (secondary N) is 1. The van der Waals surface area contributed by atoms with Crippen molar-refractivity contribution in [2.45, 2.75) is 6.92 Å². The predicted octanol–water partition coefficient (Wildman–Crippen LogP) is 0.784. The van der Waals surface area contributed by atoms with Crippen LogP contribution in [-0.4, -0.2) is 42.2 Å². The highest BCUT2D eigenvalue weighted by Gasteiger charge is 2.07. The lowest BCUT2D eigenvalue weighted by Gasteiger charge is -2.07. The van der Waals surface area contributed by atoms with E-state index < -0.39 is 0 Å². The molecule has 2 rings (SSSR count). The van der Waals surface area contributed by atoms with Crippen LogP contribution in [0, 0.1) is 6.92 Å². The molecule has 0 saturated heterocycles. The number of hydrogen-bond acceptors (Lipinski definition) is 4. The first kappa shape index (κ1) is 13.4. The van der Waals surface area contributed by atoms with Crippen LogP contribution in [0.1, 0.15) is 5.69 Å². The van der Waals surface area contributed by atoms with Gasteiger partial charge in [-0.1, -0.05) is 0 Å². The molecule has 0 bridgehead atoms. The van der Waals surface area contributed by atoms with Gasteiger partial charge in [-0.05, 0) is 19.1 Å². The van der Waals surface area contributed by atoms with E-state index in [-0.39, 0.29) is 12.5 Å². The van der Waals surface area contributed by atoms with Crippen molar-refractivity contribution in [3.05, 3.63) is 30.2 Å². The zero-order valence-corrected chi connectivity index (χ0v) is 11.0. The third kappa shape index (κ3) is 3.45. The van der Waals surface area contributed by atoms with Crippen LogP contribution in [0.25, 0.3) is 5.65 Å². The summed E-state index contributed by atoms with van der Waals surface area (Å²) in [5.41, 5.74) is 1.62. The van der Waals surface area contributed by atoms with Crippen molar-refractivity contribution in [2.75, 3.05) is 26.9 Å². The van der Waals surface area contributed by atoms with Crippen molar-refractivity contribution < 1.29 is 14.3 Å². The lowest BCUT2D eigenvalue weighted by Crippen LogP contribution is -2.31. The fraction of sp³-hybridized carbons (Fsp3) is 0.385. The van der Waals surface area contributed by atoms with Gasteiger partial charge >= 0.3 is 0 Å². The van der Waals surface area contributed by atoms with E-state index in [1.54, 1.807) is 13.2 Å². The van der Waals surface area contributed by atoms with Crippen LogP contribution in [0.3, 0.4) is 0 Å². The summed E-state index contributed by atoms with van der Waals surface area (Å²) in [6.07, 6.45) is 3.79. The summed E-state index contributed by atoms with van der Waals surface area (Å²) < 4.78 is 12.2. The lowest BCUT2D eigenvalue weighted by atomic mass is 10.4. The topological polar surface area (TPSA) is 64.9 Å². The van der Waals surface area contributed by atoms with Crippen LogP contribution < -0.4 is 10.1 Å². The van der Waals surface area contributed by atoms with E-state index >= 15 is 0 Å². The normalized spacial score (nSPS) is 10.6. The van der Waals surface area contributed by atoms with Gasteiger partial charge in [0.1, 0.15) is 0 Å². The van der Waals surface area contributed by atoms with Crippen LogP contribution in [0.5, 0.6) is 5.75 Å². The molecule has 0 aromatic carbocycles. The molecule has 2 aromatic heterocycles. The molecule has 0 atom stereocenters. The molecular formula is C13H17N3O3. The summed E-state index contributed by atoms with van der Waals surface area (Å²) >= 11 is 0. The zero-order valence-electron chi connectivity index (χ0n) is 11.0. The Kier molecular flexibility index (Phi) is 4.35. The monoisotopic (exact) mass is 263 g/mol. The molecule has 19 heavy (non-hydrogen) atoms. The van der Waals surface area contributed by atoms with Gasteiger partial charge in [0.25, 0.3) is 5.91 Å². The first-order valence-corrected chi connectivity index (χ1v) is 6.03. The summed E-state index contributed by atoms with van der Waals surface area (Å²) in [6.45, 7) is 2.84. The number of aryl methyl sites for hydroxylation is 1. The number of pyridine rings is 1. The SMILES string of the molecule is COCCNC(=O)COc1cccn2cc(C)nc12. The summed E-state index contributed by atoms with van der Waals surface area (Å²) in [4.78, 5) is 15.9. The molecule has 1 amide bonds. The minimum atomic E-state index is -0.178. The van der Waals surface area contributed by atoms with Gasteiger partial charge in [0.05, 0.1) is 12.3 Å². The van der Waals surface area contributed by atoms with Gasteiger partial charge < -0.3 is 19.2 Å². The molecule has 0 aliphatic carbocycles. The highest BCUT2D eigenvalue weighted by molar-refractivity contribution is 5.77. The van der Waals surface area contributed by atoms with Crippen molar-refractivity contribution in [3.63, 3.8) is 0 Å². The minimum absolute atomic E-state index is 0.0324. The Labute approximate surface area is 111 Å². The molecule has 2 heterocycles. The van der Waals surface area contributed by atoms with E-state index in [4.69, 9.17) is 9.47 Å². The van der Waals surface area contributed by atoms with Crippen molar-refractivity contribution in [3.8, 4) is 5.75 Å². The van der Waals surface area contributed by atoms with Crippen molar-refractivity contribution in [2.24, 2.45) is 0 Å². The fourth-order valence-electron chi connectivity index (χ4n) is 1.71. The summed E-state index contributed by atoms with van der Waals surface area (Å²) in [7, 11) is 1.59. The second-order valence-corrected chi connectivity index (χ2v) is 4.12. The smallest absolute Gasteiger partial charge is 0.258 e. The standard InChI is InChI=1S/C13H17N3O3/c1-10-8-16-6-3-4-11(13(16)15-10)19-9-12(17)14-5-7-18-2/h3-4,6,8H,5,7,9H2,1-2H3,(H,14,17). The number of nitrogens with zero attached hydrogens (tertiary/aromatic N) is 2. The predicted molar refractivity (Wildman–Crippen MR) is 70.3 cm³/mol. The summed E-state index contributed by atoms with van der Waals surface area (Å²) in [5.74, 6) is 0.417. The second-order valence-electron chi connectivity index (χ2n) is 4.12. The Morgan fingerprint density at radius 3 is 3.16 bits per heavy atom. The molecule has 1 N–H and O–H groups in total. The highest BCUT2D eigenvalue weighted by atomic mass is 16.5. The number of ether oxygens (including phenoxy) is 2. The third-order valence-corrected chi connectivity index (χ3v) is 2.55. The fourth-order valence-corrected chi connectivity index (χ4v) is 1.71. The highest BCUT2D eigenvalue weighted by Crippen LogP contribution is 2.18. The maximum absolute atomic E-state index is 11.5. The maximum atomic E-state index is 11.5. The molecule has 6 heteroatoms. The van der Waals surface area contributed by atoms with E-state index in [9.17, 15) is 4.79 Å². The van der Waals surface area contributed by atoms with Gasteiger partial charge in [-0.3, -0.25) is 4.79 Å². The molecule has 102 valence electrons. The molecule has 0 aliphatic heterocycles. The van der Waals surface area contributed by atoms with Gasteiger partial charge in [-0.15, -0.1) is 0 Å². The van der Waals surface area contributed by atoms with E-state index in [1.807, 2.05) is 29.8 Å². The van der Waals surface area contributed by atoms with Gasteiger partial charge in [0.15, 0.2) is 18.0 Å². The van der Waals surface area contributed by atoms with Crippen molar-refractivity contribution in [1.29, 1.82) is 0 Å². The van der Waals surface area contributed by atoms with Gasteiger partial charge in [0.2, 0.25) is 0 Å². The molecule has 0 spiro atoms. The van der Waals surface area contributed by atoms with E-state index in [2.05, 4.69) is 10.3 Å². The van der Waals surface area contributed by atoms with E-state index in [1.165, 1.54) is 0 Å². The molecule has 0 unspecified atom stereocenters. The molecule has 2 aromatic rings. The molecule has 0 aliphatic rings.